The molecule has 6 nitrogen and oxygen atoms in total. The summed E-state index contributed by atoms with van der Waals surface area (Å²) in [4.78, 5) is 28.4. The maximum Gasteiger partial charge on any atom is 0.257 e. The van der Waals surface area contributed by atoms with Crippen LogP contribution in [0.4, 0.5) is 14.5 Å². The molecule has 2 aromatic carbocycles. The van der Waals surface area contributed by atoms with Crippen LogP contribution in [0.25, 0.3) is 0 Å². The Labute approximate surface area is 161 Å². The van der Waals surface area contributed by atoms with Gasteiger partial charge in [0.25, 0.3) is 5.91 Å². The average Bonchev–Trinajstić information content (AvgIpc) is 2.69. The molecule has 28 heavy (non-hydrogen) atoms. The number of carbonyl (C=O) groups is 2. The highest BCUT2D eigenvalue weighted by molar-refractivity contribution is 5.97. The largest absolute Gasteiger partial charge is 0.496 e. The summed E-state index contributed by atoms with van der Waals surface area (Å²) in [6, 6.07) is 9.39. The third kappa shape index (κ3) is 4.83. The molecule has 1 aliphatic rings. The minimum atomic E-state index is -0.500. The first-order chi connectivity index (χ1) is 13.5. The van der Waals surface area contributed by atoms with E-state index in [9.17, 15) is 18.4 Å². The van der Waals surface area contributed by atoms with E-state index < -0.39 is 5.82 Å². The molecule has 0 spiro atoms. The van der Waals surface area contributed by atoms with E-state index in [4.69, 9.17) is 4.74 Å². The summed E-state index contributed by atoms with van der Waals surface area (Å²) in [6.45, 7) is 2.04. The van der Waals surface area contributed by atoms with Crippen LogP contribution < -0.4 is 10.1 Å². The number of piperazine rings is 1. The van der Waals surface area contributed by atoms with E-state index in [1.807, 2.05) is 4.90 Å². The second-order valence-electron chi connectivity index (χ2n) is 6.47. The molecule has 1 fully saturated rings. The van der Waals surface area contributed by atoms with Crippen molar-refractivity contribution in [3.05, 3.63) is 59.7 Å². The van der Waals surface area contributed by atoms with Crippen molar-refractivity contribution in [2.75, 3.05) is 45.2 Å². The molecule has 0 aliphatic carbocycles. The number of hydrogen-bond acceptors (Lipinski definition) is 4. The van der Waals surface area contributed by atoms with Crippen molar-refractivity contribution in [1.29, 1.82) is 0 Å². The molecule has 1 saturated heterocycles. The molecule has 8 heteroatoms. The molecule has 3 rings (SSSR count). The van der Waals surface area contributed by atoms with Gasteiger partial charge in [0.1, 0.15) is 17.4 Å². The molecule has 2 aromatic rings. The van der Waals surface area contributed by atoms with E-state index in [0.717, 1.165) is 0 Å². The summed E-state index contributed by atoms with van der Waals surface area (Å²) in [7, 11) is 1.43. The Morgan fingerprint density at radius 1 is 1.00 bits per heavy atom. The molecule has 1 aliphatic heterocycles. The standard InChI is InChI=1S/C20H21F2N3O3/c1-28-18-7-4-15(22)12-17(18)20(27)25-10-8-24(9-11-25)13-19(26)23-16-5-2-14(21)3-6-16/h2-7,12H,8-11,13H2,1H3,(H,23,26). The number of carbonyl (C=O) groups excluding carboxylic acids is 2. The van der Waals surface area contributed by atoms with Crippen LogP contribution in [0.15, 0.2) is 42.5 Å². The zero-order valence-corrected chi connectivity index (χ0v) is 15.5. The summed E-state index contributed by atoms with van der Waals surface area (Å²) in [5, 5.41) is 2.71. The van der Waals surface area contributed by atoms with Gasteiger partial charge in [0.15, 0.2) is 0 Å². The third-order valence-electron chi connectivity index (χ3n) is 4.55. The number of nitrogens with one attached hydrogen (secondary N) is 1. The lowest BCUT2D eigenvalue weighted by atomic mass is 10.1. The van der Waals surface area contributed by atoms with Gasteiger partial charge in [-0.15, -0.1) is 0 Å². The van der Waals surface area contributed by atoms with Crippen LogP contribution in [0.1, 0.15) is 10.4 Å². The molecule has 1 heterocycles. The van der Waals surface area contributed by atoms with Crippen LogP contribution in [0.2, 0.25) is 0 Å². The molecular formula is C20H21F2N3O3. The number of halogens is 2. The molecule has 0 saturated carbocycles. The van der Waals surface area contributed by atoms with Crippen molar-refractivity contribution in [3.8, 4) is 5.75 Å². The maximum atomic E-state index is 13.5. The van der Waals surface area contributed by atoms with Gasteiger partial charge in [-0.3, -0.25) is 14.5 Å². The fourth-order valence-electron chi connectivity index (χ4n) is 3.06. The van der Waals surface area contributed by atoms with Gasteiger partial charge >= 0.3 is 0 Å². The van der Waals surface area contributed by atoms with Crippen LogP contribution in [0.3, 0.4) is 0 Å². The van der Waals surface area contributed by atoms with Crippen molar-refractivity contribution in [2.45, 2.75) is 0 Å². The summed E-state index contributed by atoms with van der Waals surface area (Å²) in [5.74, 6) is -1.05. The number of rotatable bonds is 5. The molecule has 0 unspecified atom stereocenters. The fraction of sp³-hybridized carbons (Fsp3) is 0.300. The van der Waals surface area contributed by atoms with Gasteiger partial charge in [-0.1, -0.05) is 0 Å². The molecular weight excluding hydrogens is 368 g/mol. The second kappa shape index (κ2) is 8.79. The summed E-state index contributed by atoms with van der Waals surface area (Å²) >= 11 is 0. The molecule has 2 amide bonds. The first-order valence-electron chi connectivity index (χ1n) is 8.87. The highest BCUT2D eigenvalue weighted by Crippen LogP contribution is 2.22. The highest BCUT2D eigenvalue weighted by atomic mass is 19.1. The lowest BCUT2D eigenvalue weighted by Gasteiger charge is -2.34. The van der Waals surface area contributed by atoms with E-state index in [1.54, 1.807) is 4.90 Å². The van der Waals surface area contributed by atoms with E-state index in [-0.39, 0.29) is 29.7 Å². The third-order valence-corrected chi connectivity index (χ3v) is 4.55. The van der Waals surface area contributed by atoms with E-state index >= 15 is 0 Å². The Hall–Kier alpha value is -3.00. The summed E-state index contributed by atoms with van der Waals surface area (Å²) < 4.78 is 31.6. The zero-order chi connectivity index (χ0) is 20.1. The van der Waals surface area contributed by atoms with Gasteiger partial charge in [0.2, 0.25) is 5.91 Å². The molecule has 1 N–H and O–H groups in total. The van der Waals surface area contributed by atoms with E-state index in [1.165, 1.54) is 49.6 Å². The van der Waals surface area contributed by atoms with Crippen LogP contribution in [0, 0.1) is 11.6 Å². The minimum Gasteiger partial charge on any atom is -0.496 e. The average molecular weight is 389 g/mol. The van der Waals surface area contributed by atoms with Gasteiger partial charge in [-0.25, -0.2) is 8.78 Å². The Morgan fingerprint density at radius 3 is 2.29 bits per heavy atom. The number of hydrogen-bond donors (Lipinski definition) is 1. The smallest absolute Gasteiger partial charge is 0.257 e. The SMILES string of the molecule is COc1ccc(F)cc1C(=O)N1CCN(CC(=O)Nc2ccc(F)cc2)CC1. The quantitative estimate of drug-likeness (QED) is 0.853. The lowest BCUT2D eigenvalue weighted by Crippen LogP contribution is -2.50. The minimum absolute atomic E-state index is 0.169. The van der Waals surface area contributed by atoms with Crippen LogP contribution in [-0.4, -0.2) is 61.4 Å². The zero-order valence-electron chi connectivity index (χ0n) is 15.5. The molecule has 0 aromatic heterocycles. The molecule has 0 atom stereocenters. The Morgan fingerprint density at radius 2 is 1.64 bits per heavy atom. The van der Waals surface area contributed by atoms with Crippen LogP contribution >= 0.6 is 0 Å². The molecule has 0 radical (unpaired) electrons. The van der Waals surface area contributed by atoms with Crippen molar-refractivity contribution in [2.24, 2.45) is 0 Å². The van der Waals surface area contributed by atoms with Gasteiger partial charge in [0, 0.05) is 31.9 Å². The van der Waals surface area contributed by atoms with Crippen molar-refractivity contribution in [3.63, 3.8) is 0 Å². The number of nitrogens with zero attached hydrogens (tertiary/aromatic N) is 2. The Bertz CT molecular complexity index is 850. The van der Waals surface area contributed by atoms with Crippen molar-refractivity contribution in [1.82, 2.24) is 9.80 Å². The molecule has 148 valence electrons. The second-order valence-corrected chi connectivity index (χ2v) is 6.47. The van der Waals surface area contributed by atoms with E-state index in [2.05, 4.69) is 5.32 Å². The van der Waals surface area contributed by atoms with Gasteiger partial charge in [0.05, 0.1) is 19.2 Å². The number of ether oxygens (including phenoxy) is 1. The Kier molecular flexibility index (Phi) is 6.20. The van der Waals surface area contributed by atoms with Gasteiger partial charge in [-0.2, -0.15) is 0 Å². The Balaban J connectivity index is 1.53. The highest BCUT2D eigenvalue weighted by Gasteiger charge is 2.25. The summed E-state index contributed by atoms with van der Waals surface area (Å²) in [5.41, 5.74) is 0.711. The number of anilines is 1. The normalized spacial score (nSPS) is 14.6. The van der Waals surface area contributed by atoms with Gasteiger partial charge in [-0.05, 0) is 42.5 Å². The number of amides is 2. The predicted octanol–water partition coefficient (Wildman–Crippen LogP) is 2.37. The van der Waals surface area contributed by atoms with E-state index in [0.29, 0.717) is 37.6 Å². The first-order valence-corrected chi connectivity index (χ1v) is 8.87. The van der Waals surface area contributed by atoms with Gasteiger partial charge < -0.3 is 15.0 Å². The monoisotopic (exact) mass is 389 g/mol. The first kappa shape index (κ1) is 19.8. The van der Waals surface area contributed by atoms with Crippen molar-refractivity contribution >= 4 is 17.5 Å². The summed E-state index contributed by atoms with van der Waals surface area (Å²) in [6.07, 6.45) is 0. The lowest BCUT2D eigenvalue weighted by molar-refractivity contribution is -0.117. The number of benzene rings is 2. The topological polar surface area (TPSA) is 61.9 Å². The number of methoxy groups -OCH3 is 1. The maximum absolute atomic E-state index is 13.5. The van der Waals surface area contributed by atoms with Crippen LogP contribution in [0.5, 0.6) is 5.75 Å². The van der Waals surface area contributed by atoms with Crippen molar-refractivity contribution < 1.29 is 23.1 Å². The fourth-order valence-corrected chi connectivity index (χ4v) is 3.06. The molecule has 0 bridgehead atoms. The predicted molar refractivity (Wildman–Crippen MR) is 100 cm³/mol. The van der Waals surface area contributed by atoms with Crippen LogP contribution in [-0.2, 0) is 4.79 Å².